The molecule has 0 N–H and O–H groups in total. The Kier molecular flexibility index (Phi) is 3.21. The summed E-state index contributed by atoms with van der Waals surface area (Å²) < 4.78 is 4.99. The summed E-state index contributed by atoms with van der Waals surface area (Å²) in [5.41, 5.74) is 0. The van der Waals surface area contributed by atoms with Crippen LogP contribution in [-0.4, -0.2) is 6.61 Å². The summed E-state index contributed by atoms with van der Waals surface area (Å²) in [7, 11) is 0. The van der Waals surface area contributed by atoms with Gasteiger partial charge in [0.1, 0.15) is 6.07 Å². The number of halogens is 2. The zero-order valence-electron chi connectivity index (χ0n) is 6.05. The van der Waals surface area contributed by atoms with Crippen LogP contribution in [0.5, 0.6) is 5.75 Å². The maximum absolute atomic E-state index is 8.25. The van der Waals surface area contributed by atoms with Crippen molar-refractivity contribution in [3.05, 3.63) is 28.2 Å². The molecule has 0 radical (unpaired) electrons. The van der Waals surface area contributed by atoms with Crippen LogP contribution in [-0.2, 0) is 0 Å². The molecule has 0 spiro atoms. The summed E-state index contributed by atoms with van der Waals surface area (Å²) >= 11 is 11.5. The number of nitrogens with zero attached hydrogens (tertiary/aromatic N) is 1. The molecule has 0 saturated heterocycles. The lowest BCUT2D eigenvalue weighted by Gasteiger charge is -2.04. The molecule has 0 unspecified atom stereocenters. The van der Waals surface area contributed by atoms with Gasteiger partial charge in [0.15, 0.2) is 12.4 Å². The van der Waals surface area contributed by atoms with Crippen LogP contribution >= 0.6 is 23.2 Å². The van der Waals surface area contributed by atoms with Gasteiger partial charge in [0.05, 0.1) is 10.0 Å². The topological polar surface area (TPSA) is 33.0 Å². The zero-order valence-corrected chi connectivity index (χ0v) is 7.56. The molecule has 2 nitrogen and oxygen atoms in total. The Bertz CT molecular complexity index is 299. The fourth-order valence-corrected chi connectivity index (χ4v) is 1.23. The molecule has 0 aromatic heterocycles. The van der Waals surface area contributed by atoms with E-state index in [2.05, 4.69) is 0 Å². The molecule has 0 saturated carbocycles. The van der Waals surface area contributed by atoms with Crippen LogP contribution in [0.15, 0.2) is 18.2 Å². The predicted octanol–water partition coefficient (Wildman–Crippen LogP) is 2.90. The molecule has 0 aliphatic rings. The first kappa shape index (κ1) is 9.18. The first-order chi connectivity index (χ1) is 5.75. The third-order valence-corrected chi connectivity index (χ3v) is 1.80. The molecular weight excluding hydrogens is 197 g/mol. The van der Waals surface area contributed by atoms with E-state index in [4.69, 9.17) is 33.2 Å². The molecule has 0 aliphatic carbocycles. The van der Waals surface area contributed by atoms with Crippen LogP contribution in [0, 0.1) is 11.3 Å². The second-order valence-corrected chi connectivity index (χ2v) is 2.81. The minimum Gasteiger partial charge on any atom is -0.476 e. The maximum Gasteiger partial charge on any atom is 0.174 e. The summed E-state index contributed by atoms with van der Waals surface area (Å²) in [5.74, 6) is 0.363. The number of benzene rings is 1. The molecule has 0 amide bonds. The molecular formula is C8H5Cl2NO. The van der Waals surface area contributed by atoms with Crippen LogP contribution < -0.4 is 4.74 Å². The fourth-order valence-electron chi connectivity index (χ4n) is 0.725. The van der Waals surface area contributed by atoms with Gasteiger partial charge < -0.3 is 4.74 Å². The lowest BCUT2D eigenvalue weighted by atomic mass is 10.3. The lowest BCUT2D eigenvalue weighted by Crippen LogP contribution is -1.94. The van der Waals surface area contributed by atoms with Crippen molar-refractivity contribution in [2.75, 3.05) is 6.61 Å². The smallest absolute Gasteiger partial charge is 0.174 e. The summed E-state index contributed by atoms with van der Waals surface area (Å²) in [6.07, 6.45) is 0. The van der Waals surface area contributed by atoms with Crippen molar-refractivity contribution in [1.29, 1.82) is 5.26 Å². The van der Waals surface area contributed by atoms with E-state index in [0.717, 1.165) is 0 Å². The molecule has 0 fully saturated rings. The number of nitriles is 1. The van der Waals surface area contributed by atoms with Gasteiger partial charge in [-0.1, -0.05) is 29.3 Å². The average Bonchev–Trinajstić information content (AvgIpc) is 2.04. The first-order valence-corrected chi connectivity index (χ1v) is 3.95. The SMILES string of the molecule is N#CCOc1c(Cl)cccc1Cl. The Balaban J connectivity index is 2.90. The van der Waals surface area contributed by atoms with Crippen molar-refractivity contribution in [2.24, 2.45) is 0 Å². The van der Waals surface area contributed by atoms with Crippen molar-refractivity contribution in [3.8, 4) is 11.8 Å². The summed E-state index contributed by atoms with van der Waals surface area (Å²) in [6, 6.07) is 6.85. The van der Waals surface area contributed by atoms with Crippen LogP contribution in [0.1, 0.15) is 0 Å². The van der Waals surface area contributed by atoms with Crippen molar-refractivity contribution in [2.45, 2.75) is 0 Å². The largest absolute Gasteiger partial charge is 0.476 e. The van der Waals surface area contributed by atoms with Crippen LogP contribution in [0.25, 0.3) is 0 Å². The maximum atomic E-state index is 8.25. The predicted molar refractivity (Wildman–Crippen MR) is 47.6 cm³/mol. The molecule has 4 heteroatoms. The number of ether oxygens (including phenoxy) is 1. The molecule has 1 rings (SSSR count). The van der Waals surface area contributed by atoms with E-state index in [0.29, 0.717) is 15.8 Å². The third-order valence-electron chi connectivity index (χ3n) is 1.20. The Hall–Kier alpha value is -0.910. The van der Waals surface area contributed by atoms with E-state index >= 15 is 0 Å². The monoisotopic (exact) mass is 201 g/mol. The normalized spacial score (nSPS) is 9.08. The Morgan fingerprint density at radius 3 is 2.42 bits per heavy atom. The Morgan fingerprint density at radius 2 is 1.92 bits per heavy atom. The highest BCUT2D eigenvalue weighted by Crippen LogP contribution is 2.31. The van der Waals surface area contributed by atoms with Gasteiger partial charge in [-0.3, -0.25) is 0 Å². The van der Waals surface area contributed by atoms with E-state index in [1.807, 2.05) is 6.07 Å². The van der Waals surface area contributed by atoms with Gasteiger partial charge in [0, 0.05) is 0 Å². The molecule has 12 heavy (non-hydrogen) atoms. The number of hydrogen-bond acceptors (Lipinski definition) is 2. The summed E-state index contributed by atoms with van der Waals surface area (Å²) in [4.78, 5) is 0. The highest BCUT2D eigenvalue weighted by atomic mass is 35.5. The standard InChI is InChI=1S/C8H5Cl2NO/c9-6-2-1-3-7(10)8(6)12-5-4-11/h1-3H,5H2. The van der Waals surface area contributed by atoms with E-state index in [9.17, 15) is 0 Å². The van der Waals surface area contributed by atoms with Crippen LogP contribution in [0.4, 0.5) is 0 Å². The number of rotatable bonds is 2. The molecule has 1 aromatic rings. The first-order valence-electron chi connectivity index (χ1n) is 3.19. The lowest BCUT2D eigenvalue weighted by molar-refractivity contribution is 0.368. The third kappa shape index (κ3) is 2.04. The quantitative estimate of drug-likeness (QED) is 0.738. The van der Waals surface area contributed by atoms with Crippen molar-refractivity contribution < 1.29 is 4.74 Å². The minimum atomic E-state index is -0.0521. The number of para-hydroxylation sites is 1. The van der Waals surface area contributed by atoms with Crippen LogP contribution in [0.2, 0.25) is 10.0 Å². The number of hydrogen-bond donors (Lipinski definition) is 0. The van der Waals surface area contributed by atoms with E-state index in [-0.39, 0.29) is 6.61 Å². The van der Waals surface area contributed by atoms with Crippen molar-refractivity contribution in [3.63, 3.8) is 0 Å². The van der Waals surface area contributed by atoms with E-state index in [1.165, 1.54) is 0 Å². The second kappa shape index (κ2) is 4.20. The molecule has 0 aliphatic heterocycles. The van der Waals surface area contributed by atoms with E-state index < -0.39 is 0 Å². The van der Waals surface area contributed by atoms with Gasteiger partial charge in [0.2, 0.25) is 0 Å². The van der Waals surface area contributed by atoms with Crippen molar-refractivity contribution in [1.82, 2.24) is 0 Å². The fraction of sp³-hybridized carbons (Fsp3) is 0.125. The highest BCUT2D eigenvalue weighted by molar-refractivity contribution is 6.37. The van der Waals surface area contributed by atoms with Gasteiger partial charge in [-0.2, -0.15) is 5.26 Å². The van der Waals surface area contributed by atoms with Gasteiger partial charge in [0.25, 0.3) is 0 Å². The molecule has 1 aromatic carbocycles. The van der Waals surface area contributed by atoms with Gasteiger partial charge >= 0.3 is 0 Å². The highest BCUT2D eigenvalue weighted by Gasteiger charge is 2.04. The molecule has 62 valence electrons. The minimum absolute atomic E-state index is 0.0521. The van der Waals surface area contributed by atoms with Gasteiger partial charge in [-0.15, -0.1) is 0 Å². The zero-order chi connectivity index (χ0) is 8.97. The molecule has 0 heterocycles. The van der Waals surface area contributed by atoms with E-state index in [1.54, 1.807) is 18.2 Å². The van der Waals surface area contributed by atoms with Crippen LogP contribution in [0.3, 0.4) is 0 Å². The molecule has 0 atom stereocenters. The van der Waals surface area contributed by atoms with Gasteiger partial charge in [-0.25, -0.2) is 0 Å². The summed E-state index contributed by atoms with van der Waals surface area (Å²) in [5, 5.41) is 9.08. The van der Waals surface area contributed by atoms with Crippen molar-refractivity contribution >= 4 is 23.2 Å². The Morgan fingerprint density at radius 1 is 1.33 bits per heavy atom. The second-order valence-electron chi connectivity index (χ2n) is 2.00. The average molecular weight is 202 g/mol. The van der Waals surface area contributed by atoms with Gasteiger partial charge in [-0.05, 0) is 12.1 Å². The summed E-state index contributed by atoms with van der Waals surface area (Å²) in [6.45, 7) is -0.0521. The Labute approximate surface area is 80.3 Å². The molecule has 0 bridgehead atoms.